The molecule has 1 fully saturated rings. The van der Waals surface area contributed by atoms with Crippen molar-refractivity contribution in [1.82, 2.24) is 10.2 Å². The molecular formula is C18H15F3N2O2S2. The third-order valence-electron chi connectivity index (χ3n) is 4.54. The molecule has 3 heterocycles. The predicted molar refractivity (Wildman–Crippen MR) is 100 cm³/mol. The largest absolute Gasteiger partial charge is 0.405 e. The van der Waals surface area contributed by atoms with Gasteiger partial charge in [0, 0.05) is 21.3 Å². The van der Waals surface area contributed by atoms with Crippen LogP contribution in [-0.4, -0.2) is 42.0 Å². The van der Waals surface area contributed by atoms with Crippen LogP contribution in [0.2, 0.25) is 0 Å². The summed E-state index contributed by atoms with van der Waals surface area (Å²) < 4.78 is 40.2. The molecule has 27 heavy (non-hydrogen) atoms. The first-order chi connectivity index (χ1) is 12.8. The predicted octanol–water partition coefficient (Wildman–Crippen LogP) is 4.40. The Morgan fingerprint density at radius 3 is 2.74 bits per heavy atom. The fraction of sp³-hybridized carbons (Fsp3) is 0.333. The molecule has 2 aromatic heterocycles. The highest BCUT2D eigenvalue weighted by atomic mass is 32.1. The number of carbonyl (C=O) groups is 2. The van der Waals surface area contributed by atoms with Crippen molar-refractivity contribution < 1.29 is 22.8 Å². The lowest BCUT2D eigenvalue weighted by Crippen LogP contribution is -2.47. The van der Waals surface area contributed by atoms with Crippen LogP contribution in [-0.2, 0) is 4.79 Å². The van der Waals surface area contributed by atoms with Gasteiger partial charge in [-0.3, -0.25) is 9.59 Å². The minimum Gasteiger partial charge on any atom is -0.345 e. The Morgan fingerprint density at radius 2 is 1.96 bits per heavy atom. The molecule has 0 aliphatic carbocycles. The van der Waals surface area contributed by atoms with Gasteiger partial charge in [-0.05, 0) is 25.0 Å². The molecule has 1 aliphatic heterocycles. The van der Waals surface area contributed by atoms with E-state index in [0.717, 1.165) is 19.5 Å². The van der Waals surface area contributed by atoms with Gasteiger partial charge in [0.05, 0.1) is 9.58 Å². The first kappa shape index (κ1) is 18.2. The van der Waals surface area contributed by atoms with Crippen LogP contribution in [0.25, 0.3) is 19.5 Å². The van der Waals surface area contributed by atoms with Crippen LogP contribution in [0.3, 0.4) is 0 Å². The van der Waals surface area contributed by atoms with Gasteiger partial charge in [0.2, 0.25) is 5.91 Å². The van der Waals surface area contributed by atoms with E-state index in [1.165, 1.54) is 16.2 Å². The average Bonchev–Trinajstić information content (AvgIpc) is 3.32. The maximum absolute atomic E-state index is 12.9. The van der Waals surface area contributed by atoms with Gasteiger partial charge >= 0.3 is 6.18 Å². The molecule has 1 saturated heterocycles. The van der Waals surface area contributed by atoms with Gasteiger partial charge in [-0.25, -0.2) is 0 Å². The van der Waals surface area contributed by atoms with Crippen LogP contribution < -0.4 is 5.32 Å². The molecule has 1 aliphatic rings. The van der Waals surface area contributed by atoms with Crippen molar-refractivity contribution in [2.75, 3.05) is 13.1 Å². The summed E-state index contributed by atoms with van der Waals surface area (Å²) in [5.41, 5.74) is 0. The second kappa shape index (κ2) is 6.79. The summed E-state index contributed by atoms with van der Waals surface area (Å²) in [6.07, 6.45) is -3.50. The number of hydrogen-bond acceptors (Lipinski definition) is 4. The molecular weight excluding hydrogens is 397 g/mol. The van der Waals surface area contributed by atoms with Gasteiger partial charge in [0.25, 0.3) is 5.91 Å². The topological polar surface area (TPSA) is 49.4 Å². The molecule has 0 bridgehead atoms. The van der Waals surface area contributed by atoms with E-state index in [2.05, 4.69) is 0 Å². The van der Waals surface area contributed by atoms with Crippen molar-refractivity contribution in [3.63, 3.8) is 0 Å². The third kappa shape index (κ3) is 3.53. The number of hydrogen-bond donors (Lipinski definition) is 1. The maximum Gasteiger partial charge on any atom is 0.405 e. The standard InChI is InChI=1S/C18H15F3N2O2S2/c19-18(20,21)9-22-16(24)11-5-3-7-23(11)17(25)14-8-13-15(27-14)10-4-1-2-6-12(10)26-13/h1-2,4,6,8,11H,3,5,7,9H2,(H,22,24)/t11-/m1/s1. The summed E-state index contributed by atoms with van der Waals surface area (Å²) in [4.78, 5) is 26.9. The fourth-order valence-corrected chi connectivity index (χ4v) is 5.81. The molecule has 1 atom stereocenters. The molecule has 0 spiro atoms. The van der Waals surface area contributed by atoms with E-state index in [1.54, 1.807) is 11.3 Å². The van der Waals surface area contributed by atoms with Crippen molar-refractivity contribution in [3.05, 3.63) is 35.2 Å². The van der Waals surface area contributed by atoms with Gasteiger partial charge in [0.15, 0.2) is 0 Å². The summed E-state index contributed by atoms with van der Waals surface area (Å²) in [5.74, 6) is -1.04. The van der Waals surface area contributed by atoms with Gasteiger partial charge in [0.1, 0.15) is 12.6 Å². The SMILES string of the molecule is O=C(NCC(F)(F)F)[C@H]1CCCN1C(=O)c1cc2sc3ccccc3c2s1. The number of nitrogens with zero attached hydrogens (tertiary/aromatic N) is 1. The van der Waals surface area contributed by atoms with Crippen molar-refractivity contribution in [1.29, 1.82) is 0 Å². The van der Waals surface area contributed by atoms with E-state index in [-0.39, 0.29) is 5.91 Å². The van der Waals surface area contributed by atoms with E-state index >= 15 is 0 Å². The molecule has 0 saturated carbocycles. The molecule has 1 aromatic carbocycles. The molecule has 4 nitrogen and oxygen atoms in total. The summed E-state index contributed by atoms with van der Waals surface area (Å²) >= 11 is 2.96. The van der Waals surface area contributed by atoms with Gasteiger partial charge in [-0.2, -0.15) is 13.2 Å². The number of nitrogens with one attached hydrogen (secondary N) is 1. The van der Waals surface area contributed by atoms with Crippen LogP contribution in [0.1, 0.15) is 22.5 Å². The van der Waals surface area contributed by atoms with Crippen LogP contribution >= 0.6 is 22.7 Å². The minimum atomic E-state index is -4.47. The molecule has 0 unspecified atom stereocenters. The minimum absolute atomic E-state index is 0.294. The summed E-state index contributed by atoms with van der Waals surface area (Å²) in [6.45, 7) is -1.01. The highest BCUT2D eigenvalue weighted by Gasteiger charge is 2.37. The fourth-order valence-electron chi connectivity index (χ4n) is 3.33. The highest BCUT2D eigenvalue weighted by molar-refractivity contribution is 7.33. The number of rotatable bonds is 3. The van der Waals surface area contributed by atoms with Crippen LogP contribution in [0, 0.1) is 0 Å². The zero-order valence-electron chi connectivity index (χ0n) is 14.0. The van der Waals surface area contributed by atoms with E-state index in [4.69, 9.17) is 0 Å². The van der Waals surface area contributed by atoms with Crippen LogP contribution in [0.15, 0.2) is 30.3 Å². The van der Waals surface area contributed by atoms with Gasteiger partial charge < -0.3 is 10.2 Å². The van der Waals surface area contributed by atoms with E-state index < -0.39 is 24.7 Å². The number of amides is 2. The molecule has 2 amide bonds. The number of thiophene rings is 2. The monoisotopic (exact) mass is 412 g/mol. The van der Waals surface area contributed by atoms with E-state index in [0.29, 0.717) is 24.3 Å². The second-order valence-electron chi connectivity index (χ2n) is 6.39. The zero-order chi connectivity index (χ0) is 19.2. The smallest absolute Gasteiger partial charge is 0.345 e. The van der Waals surface area contributed by atoms with Gasteiger partial charge in [-0.1, -0.05) is 18.2 Å². The number of halogens is 3. The molecule has 9 heteroatoms. The Morgan fingerprint density at radius 1 is 1.19 bits per heavy atom. The Hall–Kier alpha value is -2.13. The highest BCUT2D eigenvalue weighted by Crippen LogP contribution is 2.40. The molecule has 0 radical (unpaired) electrons. The van der Waals surface area contributed by atoms with Crippen LogP contribution in [0.4, 0.5) is 13.2 Å². The lowest BCUT2D eigenvalue weighted by molar-refractivity contribution is -0.140. The van der Waals surface area contributed by atoms with Gasteiger partial charge in [-0.15, -0.1) is 22.7 Å². The lowest BCUT2D eigenvalue weighted by Gasteiger charge is -2.23. The summed E-state index contributed by atoms with van der Waals surface area (Å²) in [6, 6.07) is 8.89. The number of benzene rings is 1. The lowest BCUT2D eigenvalue weighted by atomic mass is 10.2. The van der Waals surface area contributed by atoms with Crippen LogP contribution in [0.5, 0.6) is 0 Å². The second-order valence-corrected chi connectivity index (χ2v) is 8.53. The molecule has 4 rings (SSSR count). The third-order valence-corrected chi connectivity index (χ3v) is 6.94. The summed E-state index contributed by atoms with van der Waals surface area (Å²) in [5, 5.41) is 2.98. The number of alkyl halides is 3. The zero-order valence-corrected chi connectivity index (χ0v) is 15.6. The number of carbonyl (C=O) groups excluding carboxylic acids is 2. The number of fused-ring (bicyclic) bond motifs is 3. The molecule has 142 valence electrons. The normalized spacial score (nSPS) is 17.7. The van der Waals surface area contributed by atoms with Crippen molar-refractivity contribution >= 4 is 54.0 Å². The Labute approximate surface area is 160 Å². The number of likely N-dealkylation sites (tertiary alicyclic amines) is 1. The Bertz CT molecular complexity index is 1020. The first-order valence-corrected chi connectivity index (χ1v) is 10.0. The Balaban J connectivity index is 1.56. The molecule has 1 N–H and O–H groups in total. The molecule has 3 aromatic rings. The average molecular weight is 412 g/mol. The van der Waals surface area contributed by atoms with Crippen molar-refractivity contribution in [2.45, 2.75) is 25.1 Å². The van der Waals surface area contributed by atoms with Crippen molar-refractivity contribution in [2.24, 2.45) is 0 Å². The van der Waals surface area contributed by atoms with E-state index in [9.17, 15) is 22.8 Å². The quantitative estimate of drug-likeness (QED) is 0.693. The van der Waals surface area contributed by atoms with Crippen molar-refractivity contribution in [3.8, 4) is 0 Å². The van der Waals surface area contributed by atoms with E-state index in [1.807, 2.05) is 35.6 Å². The Kier molecular flexibility index (Phi) is 4.59. The first-order valence-electron chi connectivity index (χ1n) is 8.40. The maximum atomic E-state index is 12.9. The summed E-state index contributed by atoms with van der Waals surface area (Å²) in [7, 11) is 0.